The van der Waals surface area contributed by atoms with Crippen LogP contribution in [0.15, 0.2) is 54.6 Å². The van der Waals surface area contributed by atoms with E-state index in [1.165, 1.54) is 16.8 Å². The second-order valence-electron chi connectivity index (χ2n) is 5.93. The van der Waals surface area contributed by atoms with Gasteiger partial charge in [0, 0.05) is 11.6 Å². The molecule has 0 bridgehead atoms. The van der Waals surface area contributed by atoms with Crippen molar-refractivity contribution in [1.29, 1.82) is 0 Å². The minimum Gasteiger partial charge on any atom is -0.507 e. The predicted molar refractivity (Wildman–Crippen MR) is 98.2 cm³/mol. The van der Waals surface area contributed by atoms with Gasteiger partial charge in [-0.2, -0.15) is 0 Å². The van der Waals surface area contributed by atoms with E-state index in [1.54, 1.807) is 50.4 Å². The third kappa shape index (κ3) is 4.20. The van der Waals surface area contributed by atoms with Gasteiger partial charge in [-0.05, 0) is 48.9 Å². The molecule has 1 aromatic heterocycles. The summed E-state index contributed by atoms with van der Waals surface area (Å²) in [5, 5.41) is 18.0. The number of carbonyl (C=O) groups excluding carboxylic acids is 1. The van der Waals surface area contributed by atoms with Crippen molar-refractivity contribution in [2.75, 3.05) is 7.11 Å². The molecule has 0 aliphatic carbocycles. The Kier molecular flexibility index (Phi) is 5.30. The van der Waals surface area contributed by atoms with Crippen molar-refractivity contribution in [3.8, 4) is 5.75 Å². The van der Waals surface area contributed by atoms with Gasteiger partial charge < -0.3 is 9.84 Å². The van der Waals surface area contributed by atoms with Gasteiger partial charge in [0.15, 0.2) is 5.69 Å². The number of aliphatic hydroxyl groups is 1. The van der Waals surface area contributed by atoms with E-state index >= 15 is 0 Å². The molecule has 27 heavy (non-hydrogen) atoms. The lowest BCUT2D eigenvalue weighted by Gasteiger charge is -2.04. The lowest BCUT2D eigenvalue weighted by atomic mass is 10.1. The van der Waals surface area contributed by atoms with Crippen LogP contribution in [0, 0.1) is 12.7 Å². The third-order valence-corrected chi connectivity index (χ3v) is 4.09. The molecule has 1 heterocycles. The molecular formula is C20H18FN3O3. The first kappa shape index (κ1) is 18.3. The molecule has 6 nitrogen and oxygen atoms in total. The van der Waals surface area contributed by atoms with Crippen molar-refractivity contribution in [3.63, 3.8) is 0 Å². The van der Waals surface area contributed by atoms with Crippen molar-refractivity contribution < 1.29 is 19.0 Å². The fourth-order valence-corrected chi connectivity index (χ4v) is 2.58. The summed E-state index contributed by atoms with van der Waals surface area (Å²) in [6, 6.07) is 12.8. The van der Waals surface area contributed by atoms with Crippen molar-refractivity contribution >= 4 is 11.5 Å². The summed E-state index contributed by atoms with van der Waals surface area (Å²) < 4.78 is 19.9. The highest BCUT2D eigenvalue weighted by Crippen LogP contribution is 2.18. The van der Waals surface area contributed by atoms with Crippen LogP contribution in [-0.4, -0.2) is 33.0 Å². The molecule has 0 aliphatic rings. The highest BCUT2D eigenvalue weighted by molar-refractivity contribution is 6.07. The Balaban J connectivity index is 1.79. The van der Waals surface area contributed by atoms with Gasteiger partial charge in [-0.15, -0.1) is 5.10 Å². The number of hydrogen-bond donors (Lipinski definition) is 1. The number of aromatic nitrogens is 3. The summed E-state index contributed by atoms with van der Waals surface area (Å²) in [4.78, 5) is 12.5. The van der Waals surface area contributed by atoms with Gasteiger partial charge in [-0.25, -0.2) is 9.07 Å². The highest BCUT2D eigenvalue weighted by Gasteiger charge is 2.16. The minimum atomic E-state index is -0.466. The van der Waals surface area contributed by atoms with Crippen LogP contribution in [-0.2, 0) is 6.54 Å². The molecule has 0 saturated carbocycles. The number of rotatable bonds is 6. The maximum Gasteiger partial charge on any atom is 0.211 e. The van der Waals surface area contributed by atoms with Crippen molar-refractivity contribution in [2.24, 2.45) is 0 Å². The molecule has 0 fully saturated rings. The highest BCUT2D eigenvalue weighted by atomic mass is 19.1. The summed E-state index contributed by atoms with van der Waals surface area (Å²) in [6.07, 6.45) is 1.10. The number of allylic oxidation sites excluding steroid dienone is 1. The van der Waals surface area contributed by atoms with E-state index in [0.29, 0.717) is 22.6 Å². The maximum absolute atomic E-state index is 13.3. The van der Waals surface area contributed by atoms with Gasteiger partial charge >= 0.3 is 0 Å². The summed E-state index contributed by atoms with van der Waals surface area (Å²) in [5.74, 6) is -0.337. The monoisotopic (exact) mass is 367 g/mol. The van der Waals surface area contributed by atoms with Gasteiger partial charge in [0.2, 0.25) is 5.78 Å². The molecule has 0 radical (unpaired) electrons. The third-order valence-electron chi connectivity index (χ3n) is 4.09. The van der Waals surface area contributed by atoms with Crippen LogP contribution in [0.1, 0.15) is 27.3 Å². The summed E-state index contributed by atoms with van der Waals surface area (Å²) >= 11 is 0. The maximum atomic E-state index is 13.3. The number of ether oxygens (including phenoxy) is 1. The lowest BCUT2D eigenvalue weighted by Crippen LogP contribution is -2.06. The first-order valence-corrected chi connectivity index (χ1v) is 8.22. The second kappa shape index (κ2) is 7.82. The van der Waals surface area contributed by atoms with Gasteiger partial charge in [-0.1, -0.05) is 17.3 Å². The van der Waals surface area contributed by atoms with E-state index in [-0.39, 0.29) is 23.8 Å². The smallest absolute Gasteiger partial charge is 0.211 e. The van der Waals surface area contributed by atoms with Crippen LogP contribution >= 0.6 is 0 Å². The predicted octanol–water partition coefficient (Wildman–Crippen LogP) is 3.56. The van der Waals surface area contributed by atoms with Crippen molar-refractivity contribution in [1.82, 2.24) is 15.0 Å². The summed E-state index contributed by atoms with van der Waals surface area (Å²) in [7, 11) is 1.55. The topological polar surface area (TPSA) is 77.2 Å². The lowest BCUT2D eigenvalue weighted by molar-refractivity contribution is 0.104. The van der Waals surface area contributed by atoms with Gasteiger partial charge in [0.05, 0.1) is 19.3 Å². The molecular weight excluding hydrogens is 349 g/mol. The van der Waals surface area contributed by atoms with Crippen LogP contribution in [0.4, 0.5) is 4.39 Å². The first-order valence-electron chi connectivity index (χ1n) is 8.22. The minimum absolute atomic E-state index is 0.131. The van der Waals surface area contributed by atoms with Gasteiger partial charge in [0.25, 0.3) is 0 Å². The molecule has 3 rings (SSSR count). The Morgan fingerprint density at radius 3 is 2.67 bits per heavy atom. The average molecular weight is 367 g/mol. The van der Waals surface area contributed by atoms with E-state index in [1.807, 2.05) is 0 Å². The number of ketones is 1. The normalized spacial score (nSPS) is 11.4. The molecule has 0 aliphatic heterocycles. The molecule has 2 aromatic carbocycles. The molecule has 1 N–H and O–H groups in total. The van der Waals surface area contributed by atoms with E-state index in [9.17, 15) is 14.3 Å². The Morgan fingerprint density at radius 1 is 1.26 bits per heavy atom. The number of methoxy groups -OCH3 is 1. The van der Waals surface area contributed by atoms with Crippen LogP contribution in [0.5, 0.6) is 5.75 Å². The standard InChI is InChI=1S/C20H18FN3O3/c1-13-20(22-23-24(13)12-14-4-3-5-16(21)10-14)19(26)11-18(25)15-6-8-17(27-2)9-7-15/h3-11,25H,12H2,1-2H3/b18-11-. The molecule has 0 spiro atoms. The van der Waals surface area contributed by atoms with E-state index in [2.05, 4.69) is 10.3 Å². The quantitative estimate of drug-likeness (QED) is 0.409. The zero-order chi connectivity index (χ0) is 19.4. The Labute approximate surface area is 155 Å². The first-order chi connectivity index (χ1) is 13.0. The van der Waals surface area contributed by atoms with Gasteiger partial charge in [-0.3, -0.25) is 4.79 Å². The number of nitrogens with zero attached hydrogens (tertiary/aromatic N) is 3. The number of benzene rings is 2. The Morgan fingerprint density at radius 2 is 2.00 bits per heavy atom. The van der Waals surface area contributed by atoms with Crippen molar-refractivity contribution in [2.45, 2.75) is 13.5 Å². The Hall–Kier alpha value is -3.48. The molecule has 3 aromatic rings. The summed E-state index contributed by atoms with van der Waals surface area (Å²) in [5.41, 5.74) is 1.85. The average Bonchev–Trinajstić information content (AvgIpc) is 3.02. The molecule has 0 amide bonds. The van der Waals surface area contributed by atoms with E-state index in [0.717, 1.165) is 6.08 Å². The molecule has 7 heteroatoms. The molecule has 138 valence electrons. The van der Waals surface area contributed by atoms with E-state index in [4.69, 9.17) is 4.74 Å². The molecule has 0 saturated heterocycles. The molecule has 0 unspecified atom stereocenters. The largest absolute Gasteiger partial charge is 0.507 e. The number of carbonyl (C=O) groups is 1. The fraction of sp³-hybridized carbons (Fsp3) is 0.150. The zero-order valence-corrected chi connectivity index (χ0v) is 14.9. The number of aliphatic hydroxyl groups excluding tert-OH is 1. The van der Waals surface area contributed by atoms with Crippen LogP contribution < -0.4 is 4.74 Å². The number of hydrogen-bond acceptors (Lipinski definition) is 5. The fourth-order valence-electron chi connectivity index (χ4n) is 2.58. The van der Waals surface area contributed by atoms with Crippen molar-refractivity contribution in [3.05, 3.63) is 82.9 Å². The SMILES string of the molecule is COc1ccc(/C(O)=C/C(=O)c2nnn(Cc3cccc(F)c3)c2C)cc1. The van der Waals surface area contributed by atoms with Crippen LogP contribution in [0.25, 0.3) is 5.76 Å². The Bertz CT molecular complexity index is 994. The second-order valence-corrected chi connectivity index (χ2v) is 5.93. The molecule has 0 atom stereocenters. The van der Waals surface area contributed by atoms with Crippen LogP contribution in [0.3, 0.4) is 0 Å². The van der Waals surface area contributed by atoms with Crippen LogP contribution in [0.2, 0.25) is 0 Å². The number of halogens is 1. The van der Waals surface area contributed by atoms with Gasteiger partial charge in [0.1, 0.15) is 17.3 Å². The summed E-state index contributed by atoms with van der Waals surface area (Å²) in [6.45, 7) is 1.99. The zero-order valence-electron chi connectivity index (χ0n) is 14.9. The van der Waals surface area contributed by atoms with E-state index < -0.39 is 5.78 Å².